The van der Waals surface area contributed by atoms with Gasteiger partial charge >= 0.3 is 0 Å². The highest BCUT2D eigenvalue weighted by atomic mass is 16.6. The van der Waals surface area contributed by atoms with Gasteiger partial charge in [0.1, 0.15) is 17.7 Å². The first-order valence-corrected chi connectivity index (χ1v) is 14.7. The van der Waals surface area contributed by atoms with Crippen molar-refractivity contribution in [3.8, 4) is 11.5 Å². The Morgan fingerprint density at radius 3 is 2.14 bits per heavy atom. The molecule has 3 amide bonds. The zero-order valence-electron chi connectivity index (χ0n) is 25.7. The van der Waals surface area contributed by atoms with Crippen LogP contribution >= 0.6 is 0 Å². The number of rotatable bonds is 15. The number of methoxy groups -OCH3 is 2. The van der Waals surface area contributed by atoms with Gasteiger partial charge in [0.15, 0.2) is 17.3 Å². The van der Waals surface area contributed by atoms with E-state index in [1.165, 1.54) is 14.2 Å². The summed E-state index contributed by atoms with van der Waals surface area (Å²) in [4.78, 5) is 55.1. The van der Waals surface area contributed by atoms with Crippen molar-refractivity contribution in [1.82, 2.24) is 20.9 Å². The molecule has 2 fully saturated rings. The Hall–Kier alpha value is -4.00. The minimum absolute atomic E-state index is 0.0897. The number of morpholine rings is 1. The third-order valence-electron chi connectivity index (χ3n) is 7.78. The standard InChI is InChI=1S/C32H42N4O8/c1-21(33-28(37)19-36-12-14-43-15-13-36)30(39)35-25(17-23-10-11-26(41-3)27(18-23)42-4)31(40)34-24(29(38)32(2)20-44-32)16-22-8-6-5-7-9-22/h5-11,18,21,24-25H,12-17,19-20H2,1-4H3,(H,33,37)(H,34,40)(H,35,39)/t21-,24-,25-,32-/m0/s1. The number of hydrogen-bond donors (Lipinski definition) is 3. The smallest absolute Gasteiger partial charge is 0.243 e. The first-order valence-electron chi connectivity index (χ1n) is 14.7. The Balaban J connectivity index is 1.50. The molecule has 4 atom stereocenters. The zero-order chi connectivity index (χ0) is 31.7. The fraction of sp³-hybridized carbons (Fsp3) is 0.500. The summed E-state index contributed by atoms with van der Waals surface area (Å²) >= 11 is 0. The second kappa shape index (κ2) is 15.1. The Morgan fingerprint density at radius 1 is 0.864 bits per heavy atom. The number of carbonyl (C=O) groups is 4. The topological polar surface area (TPSA) is 148 Å². The van der Waals surface area contributed by atoms with Crippen LogP contribution in [0.5, 0.6) is 11.5 Å². The molecule has 4 rings (SSSR count). The Bertz CT molecular complexity index is 1310. The number of ether oxygens (including phenoxy) is 4. The fourth-order valence-electron chi connectivity index (χ4n) is 5.01. The lowest BCUT2D eigenvalue weighted by atomic mass is 9.94. The zero-order valence-corrected chi connectivity index (χ0v) is 25.7. The molecule has 238 valence electrons. The molecule has 2 saturated heterocycles. The number of hydrogen-bond acceptors (Lipinski definition) is 9. The average Bonchev–Trinajstić information content (AvgIpc) is 3.78. The highest BCUT2D eigenvalue weighted by molar-refractivity contribution is 5.98. The van der Waals surface area contributed by atoms with Gasteiger partial charge in [-0.05, 0) is 43.5 Å². The van der Waals surface area contributed by atoms with Gasteiger partial charge in [0.2, 0.25) is 17.7 Å². The number of nitrogens with zero attached hydrogens (tertiary/aromatic N) is 1. The summed E-state index contributed by atoms with van der Waals surface area (Å²) in [6, 6.07) is 11.7. The molecule has 0 spiro atoms. The van der Waals surface area contributed by atoms with Crippen LogP contribution in [0.1, 0.15) is 25.0 Å². The molecule has 0 aliphatic carbocycles. The van der Waals surface area contributed by atoms with E-state index in [1.54, 1.807) is 32.0 Å². The minimum Gasteiger partial charge on any atom is -0.493 e. The molecule has 2 aliphatic rings. The van der Waals surface area contributed by atoms with Crippen molar-refractivity contribution in [1.29, 1.82) is 0 Å². The molecule has 0 bridgehead atoms. The molecule has 12 nitrogen and oxygen atoms in total. The van der Waals surface area contributed by atoms with E-state index in [1.807, 2.05) is 35.2 Å². The molecule has 0 radical (unpaired) electrons. The fourth-order valence-corrected chi connectivity index (χ4v) is 5.01. The van der Waals surface area contributed by atoms with Crippen LogP contribution in [-0.2, 0) is 41.5 Å². The van der Waals surface area contributed by atoms with Gasteiger partial charge in [-0.25, -0.2) is 0 Å². The van der Waals surface area contributed by atoms with Gasteiger partial charge in [-0.1, -0.05) is 36.4 Å². The number of benzene rings is 2. The van der Waals surface area contributed by atoms with E-state index in [4.69, 9.17) is 18.9 Å². The molecule has 44 heavy (non-hydrogen) atoms. The molecule has 2 heterocycles. The van der Waals surface area contributed by atoms with Gasteiger partial charge < -0.3 is 34.9 Å². The summed E-state index contributed by atoms with van der Waals surface area (Å²) in [6.45, 7) is 6.04. The maximum atomic E-state index is 13.8. The van der Waals surface area contributed by atoms with Crippen LogP contribution in [0.3, 0.4) is 0 Å². The van der Waals surface area contributed by atoms with E-state index < -0.39 is 35.5 Å². The highest BCUT2D eigenvalue weighted by Gasteiger charge is 2.50. The van der Waals surface area contributed by atoms with Crippen LogP contribution in [0.25, 0.3) is 0 Å². The molecule has 0 aromatic heterocycles. The van der Waals surface area contributed by atoms with Crippen molar-refractivity contribution in [2.45, 2.75) is 50.4 Å². The summed E-state index contributed by atoms with van der Waals surface area (Å²) in [6.07, 6.45) is 0.349. The Morgan fingerprint density at radius 2 is 1.50 bits per heavy atom. The SMILES string of the molecule is COc1ccc(C[C@H](NC(=O)[C@H](C)NC(=O)CN2CCOCC2)C(=O)N[C@@H](Cc2ccccc2)C(=O)[C@]2(C)CO2)cc1OC. The number of Topliss-reactive ketones (excluding diaryl/α,β-unsaturated/α-hetero) is 1. The first-order chi connectivity index (χ1) is 21.1. The molecule has 2 aromatic rings. The number of epoxide rings is 1. The summed E-state index contributed by atoms with van der Waals surface area (Å²) in [7, 11) is 3.03. The van der Waals surface area contributed by atoms with Gasteiger partial charge in [0.05, 0.1) is 46.6 Å². The summed E-state index contributed by atoms with van der Waals surface area (Å²) in [5.74, 6) is -0.640. The largest absolute Gasteiger partial charge is 0.493 e. The lowest BCUT2D eigenvalue weighted by molar-refractivity contribution is -0.134. The summed E-state index contributed by atoms with van der Waals surface area (Å²) < 4.78 is 21.5. The van der Waals surface area contributed by atoms with Crippen LogP contribution in [0.15, 0.2) is 48.5 Å². The summed E-state index contributed by atoms with van der Waals surface area (Å²) in [5, 5.41) is 8.38. The van der Waals surface area contributed by atoms with Gasteiger partial charge in [-0.2, -0.15) is 0 Å². The Labute approximate surface area is 257 Å². The van der Waals surface area contributed by atoms with Crippen LogP contribution in [0, 0.1) is 0 Å². The second-order valence-electron chi connectivity index (χ2n) is 11.3. The minimum atomic E-state index is -1.07. The maximum Gasteiger partial charge on any atom is 0.243 e. The number of ketones is 1. The van der Waals surface area contributed by atoms with Crippen LogP contribution in [0.2, 0.25) is 0 Å². The number of nitrogens with one attached hydrogen (secondary N) is 3. The quantitative estimate of drug-likeness (QED) is 0.247. The maximum absolute atomic E-state index is 13.8. The monoisotopic (exact) mass is 610 g/mol. The summed E-state index contributed by atoms with van der Waals surface area (Å²) in [5.41, 5.74) is 0.594. The molecule has 0 saturated carbocycles. The Kier molecular flexibility index (Phi) is 11.3. The highest BCUT2D eigenvalue weighted by Crippen LogP contribution is 2.30. The van der Waals surface area contributed by atoms with E-state index in [-0.39, 0.29) is 37.7 Å². The molecule has 2 aliphatic heterocycles. The normalized spacial score (nSPS) is 20.0. The van der Waals surface area contributed by atoms with Gasteiger partial charge in [0.25, 0.3) is 0 Å². The predicted octanol–water partition coefficient (Wildman–Crippen LogP) is 0.654. The number of amides is 3. The van der Waals surface area contributed by atoms with Crippen LogP contribution in [-0.4, -0.2) is 106 Å². The van der Waals surface area contributed by atoms with Gasteiger partial charge in [-0.3, -0.25) is 24.1 Å². The van der Waals surface area contributed by atoms with E-state index in [9.17, 15) is 19.2 Å². The molecular formula is C32H42N4O8. The molecule has 2 aromatic carbocycles. The first kappa shape index (κ1) is 32.9. The molecular weight excluding hydrogens is 568 g/mol. The van der Waals surface area contributed by atoms with Gasteiger partial charge in [-0.15, -0.1) is 0 Å². The van der Waals surface area contributed by atoms with E-state index in [0.717, 1.165) is 5.56 Å². The van der Waals surface area contributed by atoms with Crippen molar-refractivity contribution in [2.24, 2.45) is 0 Å². The molecule has 3 N–H and O–H groups in total. The third kappa shape index (κ3) is 9.01. The predicted molar refractivity (Wildman–Crippen MR) is 161 cm³/mol. The molecule has 12 heteroatoms. The van der Waals surface area contributed by atoms with Crippen molar-refractivity contribution in [2.75, 3.05) is 53.7 Å². The van der Waals surface area contributed by atoms with E-state index in [2.05, 4.69) is 16.0 Å². The van der Waals surface area contributed by atoms with Crippen molar-refractivity contribution in [3.05, 3.63) is 59.7 Å². The van der Waals surface area contributed by atoms with Crippen LogP contribution in [0.4, 0.5) is 0 Å². The van der Waals surface area contributed by atoms with Gasteiger partial charge in [0, 0.05) is 19.5 Å². The van der Waals surface area contributed by atoms with Crippen molar-refractivity contribution >= 4 is 23.5 Å². The van der Waals surface area contributed by atoms with Crippen molar-refractivity contribution in [3.63, 3.8) is 0 Å². The van der Waals surface area contributed by atoms with Crippen molar-refractivity contribution < 1.29 is 38.1 Å². The lowest BCUT2D eigenvalue weighted by Crippen LogP contribution is -2.57. The lowest BCUT2D eigenvalue weighted by Gasteiger charge is -2.27. The second-order valence-corrected chi connectivity index (χ2v) is 11.3. The number of carbonyl (C=O) groups excluding carboxylic acids is 4. The van der Waals surface area contributed by atoms with Crippen LogP contribution < -0.4 is 25.4 Å². The third-order valence-corrected chi connectivity index (χ3v) is 7.78. The molecule has 0 unspecified atom stereocenters. The van der Waals surface area contributed by atoms with E-state index >= 15 is 0 Å². The average molecular weight is 611 g/mol. The van der Waals surface area contributed by atoms with E-state index in [0.29, 0.717) is 43.4 Å².